The maximum Gasteiger partial charge on any atom is 0.452 e. The number of nitrogens with zero attached hydrogens (tertiary/aromatic N) is 1. The van der Waals surface area contributed by atoms with Crippen molar-refractivity contribution in [1.29, 1.82) is 0 Å². The van der Waals surface area contributed by atoms with Crippen LogP contribution in [0, 0.1) is 5.92 Å². The number of benzene rings is 1. The maximum absolute atomic E-state index is 13.8. The summed E-state index contributed by atoms with van der Waals surface area (Å²) >= 11 is 6.10. The standard InChI is InChI=1S/C33H36ClF3N4O8/c1-6-23(49-5)12-10-19(4)28(32(48)39-27(18(2)3)29(45)33(35,36)37)40-31(47)24(15-20-8-7-9-22(34)14-20)38-30(46)21-11-13-25(42)41(16-21)17-26(43)44/h6-14,16,18,24,27-28H,4,15,17H2,1-3,5H3,(H,38,46)(H,39,48)(H,40,47)(H,43,44)/b12-10-,23-6+/t24-,27-,28-/m0/s1. The quantitative estimate of drug-likeness (QED) is 0.152. The van der Waals surface area contributed by atoms with E-state index in [1.165, 1.54) is 39.2 Å². The van der Waals surface area contributed by atoms with E-state index in [0.29, 0.717) is 16.3 Å². The Balaban J connectivity index is 2.54. The lowest BCUT2D eigenvalue weighted by molar-refractivity contribution is -0.175. The van der Waals surface area contributed by atoms with Crippen LogP contribution in [0.25, 0.3) is 0 Å². The van der Waals surface area contributed by atoms with Gasteiger partial charge in [-0.1, -0.05) is 50.2 Å². The number of carboxylic acid groups (broad SMARTS) is 1. The van der Waals surface area contributed by atoms with Crippen molar-refractivity contribution in [3.63, 3.8) is 0 Å². The fraction of sp³-hybridized carbons (Fsp3) is 0.333. The fourth-order valence-corrected chi connectivity index (χ4v) is 4.58. The van der Waals surface area contributed by atoms with Crippen molar-refractivity contribution in [2.75, 3.05) is 7.11 Å². The van der Waals surface area contributed by atoms with Crippen molar-refractivity contribution in [2.24, 2.45) is 5.92 Å². The van der Waals surface area contributed by atoms with E-state index < -0.39 is 71.8 Å². The van der Waals surface area contributed by atoms with Crippen LogP contribution in [0.4, 0.5) is 13.2 Å². The van der Waals surface area contributed by atoms with Gasteiger partial charge in [-0.05, 0) is 54.3 Å². The van der Waals surface area contributed by atoms with E-state index in [0.717, 1.165) is 22.9 Å². The summed E-state index contributed by atoms with van der Waals surface area (Å²) in [6.45, 7) is 7.27. The molecule has 1 heterocycles. The highest BCUT2D eigenvalue weighted by atomic mass is 35.5. The van der Waals surface area contributed by atoms with Crippen LogP contribution in [-0.4, -0.2) is 70.6 Å². The molecule has 0 aliphatic rings. The Morgan fingerprint density at radius 2 is 1.71 bits per heavy atom. The van der Waals surface area contributed by atoms with Crippen molar-refractivity contribution in [3.05, 3.63) is 105 Å². The number of allylic oxidation sites excluding steroid dienone is 2. The van der Waals surface area contributed by atoms with Gasteiger partial charge in [0.2, 0.25) is 11.8 Å². The lowest BCUT2D eigenvalue weighted by Crippen LogP contribution is -2.58. The van der Waals surface area contributed by atoms with Gasteiger partial charge in [-0.3, -0.25) is 28.8 Å². The number of amides is 3. The second kappa shape index (κ2) is 17.8. The summed E-state index contributed by atoms with van der Waals surface area (Å²) in [4.78, 5) is 76.0. The molecule has 3 atom stereocenters. The van der Waals surface area contributed by atoms with Gasteiger partial charge in [-0.25, -0.2) is 0 Å². The molecule has 16 heteroatoms. The zero-order chi connectivity index (χ0) is 37.1. The zero-order valence-electron chi connectivity index (χ0n) is 27.0. The molecule has 4 N–H and O–H groups in total. The van der Waals surface area contributed by atoms with Crippen LogP contribution in [0.1, 0.15) is 36.7 Å². The number of hydrogen-bond acceptors (Lipinski definition) is 7. The smallest absolute Gasteiger partial charge is 0.452 e. The Morgan fingerprint density at radius 3 is 2.27 bits per heavy atom. The monoisotopic (exact) mass is 708 g/mol. The van der Waals surface area contributed by atoms with Crippen molar-refractivity contribution in [3.8, 4) is 0 Å². The van der Waals surface area contributed by atoms with Crippen LogP contribution in [-0.2, 0) is 36.9 Å². The summed E-state index contributed by atoms with van der Waals surface area (Å²) in [5.74, 6) is -7.34. The van der Waals surface area contributed by atoms with Gasteiger partial charge in [0.05, 0.1) is 18.7 Å². The Kier molecular flexibility index (Phi) is 14.5. The highest BCUT2D eigenvalue weighted by Gasteiger charge is 2.45. The minimum absolute atomic E-state index is 0.127. The van der Waals surface area contributed by atoms with Crippen LogP contribution < -0.4 is 21.5 Å². The molecule has 264 valence electrons. The fourth-order valence-electron chi connectivity index (χ4n) is 4.37. The summed E-state index contributed by atoms with van der Waals surface area (Å²) < 4.78 is 46.0. The van der Waals surface area contributed by atoms with E-state index in [9.17, 15) is 41.9 Å². The van der Waals surface area contributed by atoms with Crippen molar-refractivity contribution < 1.29 is 47.0 Å². The first-order valence-electron chi connectivity index (χ1n) is 14.6. The molecule has 3 amide bonds. The van der Waals surface area contributed by atoms with E-state index in [1.807, 2.05) is 0 Å². The molecule has 0 radical (unpaired) electrons. The van der Waals surface area contributed by atoms with Gasteiger partial charge in [0.15, 0.2) is 0 Å². The van der Waals surface area contributed by atoms with Crippen LogP contribution in [0.2, 0.25) is 5.02 Å². The lowest BCUT2D eigenvalue weighted by Gasteiger charge is -2.27. The van der Waals surface area contributed by atoms with E-state index in [2.05, 4.69) is 22.5 Å². The molecule has 49 heavy (non-hydrogen) atoms. The number of carbonyl (C=O) groups excluding carboxylic acids is 4. The van der Waals surface area contributed by atoms with E-state index >= 15 is 0 Å². The Bertz CT molecular complexity index is 1700. The number of Topliss-reactive ketones (excluding diaryl/α,β-unsaturated/α-hetero) is 1. The maximum atomic E-state index is 13.8. The lowest BCUT2D eigenvalue weighted by atomic mass is 9.97. The van der Waals surface area contributed by atoms with E-state index in [-0.39, 0.29) is 17.6 Å². The normalized spacial score (nSPS) is 13.7. The van der Waals surface area contributed by atoms with Crippen LogP contribution in [0.3, 0.4) is 0 Å². The van der Waals surface area contributed by atoms with Crippen molar-refractivity contribution in [1.82, 2.24) is 20.5 Å². The number of methoxy groups -OCH3 is 1. The topological polar surface area (TPSA) is 173 Å². The second-order valence-electron chi connectivity index (χ2n) is 11.0. The number of aliphatic carboxylic acids is 1. The number of alkyl halides is 3. The van der Waals surface area contributed by atoms with Crippen LogP contribution in [0.5, 0.6) is 0 Å². The number of ether oxygens (including phenoxy) is 1. The minimum atomic E-state index is -5.27. The Morgan fingerprint density at radius 1 is 1.04 bits per heavy atom. The summed E-state index contributed by atoms with van der Waals surface area (Å²) in [5.41, 5.74) is -0.559. The highest BCUT2D eigenvalue weighted by molar-refractivity contribution is 6.30. The minimum Gasteiger partial charge on any atom is -0.497 e. The number of halogens is 4. The average molecular weight is 709 g/mol. The molecule has 0 saturated heterocycles. The molecule has 0 aliphatic carbocycles. The number of ketones is 1. The van der Waals surface area contributed by atoms with Gasteiger partial charge in [0.1, 0.15) is 24.4 Å². The Labute approximate surface area is 284 Å². The molecule has 0 spiro atoms. The molecule has 0 bridgehead atoms. The van der Waals surface area contributed by atoms with Crippen LogP contribution >= 0.6 is 11.6 Å². The third-order valence-corrected chi connectivity index (χ3v) is 7.16. The molecule has 0 unspecified atom stereocenters. The molecule has 0 fully saturated rings. The number of rotatable bonds is 16. The summed E-state index contributed by atoms with van der Waals surface area (Å²) in [6.07, 6.45) is -0.276. The third kappa shape index (κ3) is 12.1. The average Bonchev–Trinajstić information content (AvgIpc) is 3.02. The SMILES string of the molecule is C=C(/C=C\C(=C/C)OC)[C@H](NC(=O)[C@H](Cc1cccc(Cl)c1)NC(=O)c1ccc(=O)n(CC(=O)O)c1)C(=O)N[C@H](C(=O)C(F)(F)F)C(C)C. The molecule has 1 aromatic carbocycles. The number of carboxylic acids is 1. The first-order valence-corrected chi connectivity index (χ1v) is 15.0. The molecule has 1 aromatic heterocycles. The number of aromatic nitrogens is 1. The van der Waals surface area contributed by atoms with E-state index in [1.54, 1.807) is 31.2 Å². The predicted octanol–water partition coefficient (Wildman–Crippen LogP) is 3.35. The van der Waals surface area contributed by atoms with Gasteiger partial charge in [-0.15, -0.1) is 0 Å². The number of pyridine rings is 1. The van der Waals surface area contributed by atoms with Crippen molar-refractivity contribution >= 4 is 41.1 Å². The van der Waals surface area contributed by atoms with Gasteiger partial charge in [0, 0.05) is 23.7 Å². The predicted molar refractivity (Wildman–Crippen MR) is 174 cm³/mol. The van der Waals surface area contributed by atoms with Gasteiger partial charge >= 0.3 is 12.1 Å². The first kappa shape index (κ1) is 40.0. The number of hydrogen-bond donors (Lipinski definition) is 4. The first-order chi connectivity index (χ1) is 22.9. The molecule has 2 rings (SSSR count). The molecule has 0 aliphatic heterocycles. The second-order valence-corrected chi connectivity index (χ2v) is 11.4. The van der Waals surface area contributed by atoms with E-state index in [4.69, 9.17) is 21.4 Å². The summed E-state index contributed by atoms with van der Waals surface area (Å²) in [6, 6.07) is 3.10. The zero-order valence-corrected chi connectivity index (χ0v) is 27.7. The molecular formula is C33H36ClF3N4O8. The van der Waals surface area contributed by atoms with Gasteiger partial charge in [-0.2, -0.15) is 13.2 Å². The van der Waals surface area contributed by atoms with Gasteiger partial charge in [0.25, 0.3) is 17.2 Å². The van der Waals surface area contributed by atoms with Gasteiger partial charge < -0.3 is 30.4 Å². The largest absolute Gasteiger partial charge is 0.497 e. The molecular weight excluding hydrogens is 673 g/mol. The Hall–Kier alpha value is -5.18. The number of carbonyl (C=O) groups is 5. The molecule has 12 nitrogen and oxygen atoms in total. The highest BCUT2D eigenvalue weighted by Crippen LogP contribution is 2.22. The number of nitrogens with one attached hydrogen (secondary N) is 3. The molecule has 2 aromatic rings. The summed E-state index contributed by atoms with van der Waals surface area (Å²) in [5, 5.41) is 16.3. The third-order valence-electron chi connectivity index (χ3n) is 6.93. The summed E-state index contributed by atoms with van der Waals surface area (Å²) in [7, 11) is 1.36. The van der Waals surface area contributed by atoms with Crippen LogP contribution in [0.15, 0.2) is 83.5 Å². The molecule has 0 saturated carbocycles. The van der Waals surface area contributed by atoms with Crippen molar-refractivity contribution in [2.45, 2.75) is 58.0 Å².